The summed E-state index contributed by atoms with van der Waals surface area (Å²) < 4.78 is 22.6. The van der Waals surface area contributed by atoms with Gasteiger partial charge in [-0.3, -0.25) is 0 Å². The Kier molecular flexibility index (Phi) is 8.45. The van der Waals surface area contributed by atoms with E-state index in [9.17, 15) is 19.8 Å². The fraction of sp³-hybridized carbons (Fsp3) is 0.286. The molecule has 188 valence electrons. The van der Waals surface area contributed by atoms with Crippen molar-refractivity contribution in [2.24, 2.45) is 0 Å². The highest BCUT2D eigenvalue weighted by molar-refractivity contribution is 5.90. The van der Waals surface area contributed by atoms with Gasteiger partial charge in [-0.05, 0) is 29.8 Å². The van der Waals surface area contributed by atoms with Crippen LogP contribution in [-0.2, 0) is 25.4 Å². The van der Waals surface area contributed by atoms with Crippen LogP contribution in [0.25, 0.3) is 0 Å². The molecule has 36 heavy (non-hydrogen) atoms. The van der Waals surface area contributed by atoms with Crippen molar-refractivity contribution in [2.45, 2.75) is 43.2 Å². The van der Waals surface area contributed by atoms with Gasteiger partial charge in [0.15, 0.2) is 18.5 Å². The second kappa shape index (κ2) is 11.9. The third-order valence-corrected chi connectivity index (χ3v) is 5.96. The van der Waals surface area contributed by atoms with E-state index < -0.39 is 48.7 Å². The van der Waals surface area contributed by atoms with Gasteiger partial charge < -0.3 is 29.2 Å². The lowest BCUT2D eigenvalue weighted by Crippen LogP contribution is -2.63. The summed E-state index contributed by atoms with van der Waals surface area (Å²) in [7, 11) is 1.34. The Hall–Kier alpha value is -3.56. The quantitative estimate of drug-likeness (QED) is 0.462. The van der Waals surface area contributed by atoms with E-state index in [1.165, 1.54) is 7.11 Å². The number of methoxy groups -OCH3 is 1. The molecule has 0 spiro atoms. The van der Waals surface area contributed by atoms with E-state index in [0.717, 1.165) is 5.56 Å². The maximum absolute atomic E-state index is 12.9. The van der Waals surface area contributed by atoms with E-state index in [4.69, 9.17) is 18.9 Å². The van der Waals surface area contributed by atoms with Crippen molar-refractivity contribution in [2.75, 3.05) is 7.11 Å². The van der Waals surface area contributed by atoms with Gasteiger partial charge in [0, 0.05) is 13.5 Å². The molecule has 1 heterocycles. The molecule has 1 aliphatic heterocycles. The van der Waals surface area contributed by atoms with E-state index in [-0.39, 0.29) is 17.5 Å². The van der Waals surface area contributed by atoms with Gasteiger partial charge in [0.05, 0.1) is 17.2 Å². The summed E-state index contributed by atoms with van der Waals surface area (Å²) in [6.07, 6.45) is -7.59. The van der Waals surface area contributed by atoms with Crippen LogP contribution in [0.2, 0.25) is 0 Å². The Bertz CT molecular complexity index is 1120. The number of hydrogen-bond acceptors (Lipinski definition) is 8. The fourth-order valence-electron chi connectivity index (χ4n) is 4.12. The zero-order chi connectivity index (χ0) is 25.5. The van der Waals surface area contributed by atoms with E-state index in [1.54, 1.807) is 60.7 Å². The van der Waals surface area contributed by atoms with Crippen molar-refractivity contribution in [3.05, 3.63) is 108 Å². The zero-order valence-corrected chi connectivity index (χ0v) is 19.7. The number of carbonyl (C=O) groups is 2. The molecule has 0 saturated carbocycles. The van der Waals surface area contributed by atoms with Gasteiger partial charge in [-0.25, -0.2) is 9.59 Å². The number of aliphatic hydroxyl groups excluding tert-OH is 2. The number of carbonyl (C=O) groups excluding carboxylic acids is 2. The van der Waals surface area contributed by atoms with Crippen LogP contribution in [0.15, 0.2) is 91.0 Å². The minimum Gasteiger partial charge on any atom is -0.452 e. The lowest BCUT2D eigenvalue weighted by molar-refractivity contribution is -0.302. The van der Waals surface area contributed by atoms with Gasteiger partial charge in [0.1, 0.15) is 12.2 Å². The highest BCUT2D eigenvalue weighted by Gasteiger charge is 2.52. The van der Waals surface area contributed by atoms with Crippen molar-refractivity contribution in [3.63, 3.8) is 0 Å². The van der Waals surface area contributed by atoms with Crippen molar-refractivity contribution in [1.82, 2.24) is 0 Å². The molecule has 6 atom stereocenters. The minimum atomic E-state index is -1.52. The van der Waals surface area contributed by atoms with Gasteiger partial charge in [0.25, 0.3) is 0 Å². The van der Waals surface area contributed by atoms with Crippen molar-refractivity contribution >= 4 is 11.9 Å². The standard InChI is InChI=1S/C28H28O8/c1-33-28-25(35-27(32)20-15-9-4-10-16-20)24(34-26(31)19-13-7-3-8-14-19)22(30)23(36-28)21(29)17-18-11-5-2-6-12-18/h2-16,21-25,28-30H,17H2,1H3/t21?,22-,23-,24+,25-,28+/m1/s1. The number of esters is 2. The normalized spacial score (nSPS) is 24.5. The summed E-state index contributed by atoms with van der Waals surface area (Å²) in [5.41, 5.74) is 1.34. The minimum absolute atomic E-state index is 0.173. The van der Waals surface area contributed by atoms with Crippen LogP contribution in [0.4, 0.5) is 0 Å². The Labute approximate surface area is 209 Å². The Morgan fingerprint density at radius 1 is 0.806 bits per heavy atom. The van der Waals surface area contributed by atoms with E-state index in [0.29, 0.717) is 0 Å². The summed E-state index contributed by atoms with van der Waals surface area (Å²) in [6, 6.07) is 25.7. The third kappa shape index (κ3) is 5.98. The second-order valence-electron chi connectivity index (χ2n) is 8.42. The van der Waals surface area contributed by atoms with Crippen LogP contribution in [-0.4, -0.2) is 66.1 Å². The van der Waals surface area contributed by atoms with Crippen molar-refractivity contribution in [3.8, 4) is 0 Å². The first-order valence-corrected chi connectivity index (χ1v) is 11.6. The molecule has 8 nitrogen and oxygen atoms in total. The van der Waals surface area contributed by atoms with Crippen LogP contribution < -0.4 is 0 Å². The topological polar surface area (TPSA) is 112 Å². The van der Waals surface area contributed by atoms with E-state index in [2.05, 4.69) is 0 Å². The van der Waals surface area contributed by atoms with E-state index >= 15 is 0 Å². The van der Waals surface area contributed by atoms with Gasteiger partial charge in [0.2, 0.25) is 0 Å². The van der Waals surface area contributed by atoms with E-state index in [1.807, 2.05) is 30.3 Å². The molecule has 2 N–H and O–H groups in total. The number of ether oxygens (including phenoxy) is 4. The number of benzene rings is 3. The fourth-order valence-corrected chi connectivity index (χ4v) is 4.12. The predicted molar refractivity (Wildman–Crippen MR) is 129 cm³/mol. The van der Waals surface area contributed by atoms with Gasteiger partial charge in [-0.15, -0.1) is 0 Å². The van der Waals surface area contributed by atoms with Gasteiger partial charge >= 0.3 is 11.9 Å². The monoisotopic (exact) mass is 492 g/mol. The molecule has 0 amide bonds. The lowest BCUT2D eigenvalue weighted by Gasteiger charge is -2.44. The molecular weight excluding hydrogens is 464 g/mol. The highest BCUT2D eigenvalue weighted by atomic mass is 16.7. The maximum atomic E-state index is 12.9. The first kappa shape index (κ1) is 25.5. The molecular formula is C28H28O8. The molecule has 4 rings (SSSR count). The summed E-state index contributed by atoms with van der Waals surface area (Å²) >= 11 is 0. The molecule has 3 aromatic rings. The molecule has 1 unspecified atom stereocenters. The Morgan fingerprint density at radius 2 is 1.28 bits per heavy atom. The number of rotatable bonds is 8. The van der Waals surface area contributed by atoms with Crippen molar-refractivity contribution < 1.29 is 38.7 Å². The SMILES string of the molecule is CO[C@H]1O[C@H](C(O)Cc2ccccc2)[C@@H](O)[C@H](OC(=O)c2ccccc2)[C@H]1OC(=O)c1ccccc1. The van der Waals surface area contributed by atoms with Crippen LogP contribution in [0.5, 0.6) is 0 Å². The van der Waals surface area contributed by atoms with Crippen molar-refractivity contribution in [1.29, 1.82) is 0 Å². The number of hydrogen-bond donors (Lipinski definition) is 2. The molecule has 0 aromatic heterocycles. The molecule has 0 aliphatic carbocycles. The summed E-state index contributed by atoms with van der Waals surface area (Å²) in [5.74, 6) is -1.43. The second-order valence-corrected chi connectivity index (χ2v) is 8.42. The first-order valence-electron chi connectivity index (χ1n) is 11.6. The summed E-state index contributed by atoms with van der Waals surface area (Å²) in [4.78, 5) is 25.7. The molecule has 0 radical (unpaired) electrons. The maximum Gasteiger partial charge on any atom is 0.338 e. The zero-order valence-electron chi connectivity index (χ0n) is 19.7. The first-order chi connectivity index (χ1) is 17.5. The molecule has 1 saturated heterocycles. The molecule has 3 aromatic carbocycles. The number of aliphatic hydroxyl groups is 2. The highest BCUT2D eigenvalue weighted by Crippen LogP contribution is 2.30. The Morgan fingerprint density at radius 3 is 1.78 bits per heavy atom. The summed E-state index contributed by atoms with van der Waals surface area (Å²) in [5, 5.41) is 22.2. The lowest BCUT2D eigenvalue weighted by atomic mass is 9.92. The molecule has 8 heteroatoms. The summed E-state index contributed by atoms with van der Waals surface area (Å²) in [6.45, 7) is 0. The molecule has 0 bridgehead atoms. The average Bonchev–Trinajstić information content (AvgIpc) is 2.92. The average molecular weight is 493 g/mol. The smallest absolute Gasteiger partial charge is 0.338 e. The van der Waals surface area contributed by atoms with Gasteiger partial charge in [-0.1, -0.05) is 66.7 Å². The van der Waals surface area contributed by atoms with Crippen LogP contribution >= 0.6 is 0 Å². The predicted octanol–water partition coefficient (Wildman–Crippen LogP) is 2.77. The molecule has 1 fully saturated rings. The van der Waals surface area contributed by atoms with Gasteiger partial charge in [-0.2, -0.15) is 0 Å². The Balaban J connectivity index is 1.60. The van der Waals surface area contributed by atoms with Crippen LogP contribution in [0.1, 0.15) is 26.3 Å². The molecule has 1 aliphatic rings. The third-order valence-electron chi connectivity index (χ3n) is 5.96. The largest absolute Gasteiger partial charge is 0.452 e. The van der Waals surface area contributed by atoms with Crippen LogP contribution in [0.3, 0.4) is 0 Å². The van der Waals surface area contributed by atoms with Crippen LogP contribution in [0, 0.1) is 0 Å².